The number of carbonyl (C=O) groups is 1. The van der Waals surface area contributed by atoms with Gasteiger partial charge in [-0.2, -0.15) is 0 Å². The molecule has 3 N–H and O–H groups in total. The first-order valence-corrected chi connectivity index (χ1v) is 7.05. The first kappa shape index (κ1) is 15.7. The van der Waals surface area contributed by atoms with Crippen molar-refractivity contribution in [3.05, 3.63) is 29.6 Å². The van der Waals surface area contributed by atoms with Crippen LogP contribution in [-0.2, 0) is 0 Å². The maximum Gasteiger partial charge on any atom is 0.256 e. The standard InChI is InChI=1S/C15H22FN3O2/c1-15(2,21)10-18-5-7-19(8-6-18)14(20)12-9-11(17)3-4-13(12)16/h3-4,9,21H,5-8,10,17H2,1-2H3. The third-order valence-electron chi connectivity index (χ3n) is 3.49. The predicted molar refractivity (Wildman–Crippen MR) is 79.5 cm³/mol. The monoisotopic (exact) mass is 295 g/mol. The molecule has 1 aliphatic rings. The zero-order valence-electron chi connectivity index (χ0n) is 12.5. The Hall–Kier alpha value is -1.66. The number of anilines is 1. The molecule has 21 heavy (non-hydrogen) atoms. The highest BCUT2D eigenvalue weighted by Crippen LogP contribution is 2.16. The SMILES string of the molecule is CC(C)(O)CN1CCN(C(=O)c2cc(N)ccc2F)CC1. The molecule has 1 saturated heterocycles. The van der Waals surface area contributed by atoms with Crippen molar-refractivity contribution in [2.45, 2.75) is 19.4 Å². The summed E-state index contributed by atoms with van der Waals surface area (Å²) >= 11 is 0. The molecule has 1 fully saturated rings. The van der Waals surface area contributed by atoms with Gasteiger partial charge in [0.05, 0.1) is 11.2 Å². The highest BCUT2D eigenvalue weighted by atomic mass is 19.1. The number of aliphatic hydroxyl groups is 1. The molecular formula is C15H22FN3O2. The van der Waals surface area contributed by atoms with Gasteiger partial charge in [-0.15, -0.1) is 0 Å². The summed E-state index contributed by atoms with van der Waals surface area (Å²) in [6.45, 7) is 6.44. The average Bonchev–Trinajstić information content (AvgIpc) is 2.40. The van der Waals surface area contributed by atoms with Gasteiger partial charge in [-0.05, 0) is 32.0 Å². The molecule has 1 aromatic rings. The molecule has 0 aromatic heterocycles. The summed E-state index contributed by atoms with van der Waals surface area (Å²) in [5.74, 6) is -0.879. The zero-order valence-corrected chi connectivity index (χ0v) is 12.5. The average molecular weight is 295 g/mol. The van der Waals surface area contributed by atoms with Crippen LogP contribution in [0.25, 0.3) is 0 Å². The van der Waals surface area contributed by atoms with E-state index in [0.717, 1.165) is 0 Å². The topological polar surface area (TPSA) is 69.8 Å². The number of nitrogens with zero attached hydrogens (tertiary/aromatic N) is 2. The Morgan fingerprint density at radius 1 is 1.33 bits per heavy atom. The molecule has 0 bridgehead atoms. The smallest absolute Gasteiger partial charge is 0.256 e. The molecule has 1 heterocycles. The van der Waals surface area contributed by atoms with Crippen molar-refractivity contribution in [2.75, 3.05) is 38.5 Å². The summed E-state index contributed by atoms with van der Waals surface area (Å²) in [5.41, 5.74) is 5.25. The fourth-order valence-electron chi connectivity index (χ4n) is 2.53. The maximum atomic E-state index is 13.7. The highest BCUT2D eigenvalue weighted by Gasteiger charge is 2.26. The summed E-state index contributed by atoms with van der Waals surface area (Å²) in [6.07, 6.45) is 0. The minimum atomic E-state index is -0.758. The van der Waals surface area contributed by atoms with E-state index in [4.69, 9.17) is 5.73 Å². The van der Waals surface area contributed by atoms with E-state index in [1.165, 1.54) is 18.2 Å². The molecule has 0 atom stereocenters. The largest absolute Gasteiger partial charge is 0.399 e. The Labute approximate surface area is 124 Å². The van der Waals surface area contributed by atoms with Gasteiger partial charge < -0.3 is 15.7 Å². The van der Waals surface area contributed by atoms with Crippen molar-refractivity contribution in [1.82, 2.24) is 9.80 Å². The molecule has 1 aromatic carbocycles. The van der Waals surface area contributed by atoms with Crippen LogP contribution in [0.2, 0.25) is 0 Å². The number of benzene rings is 1. The second kappa shape index (κ2) is 5.99. The molecule has 116 valence electrons. The van der Waals surface area contributed by atoms with Crippen LogP contribution in [0.15, 0.2) is 18.2 Å². The van der Waals surface area contributed by atoms with Gasteiger partial charge in [0.2, 0.25) is 0 Å². The molecule has 1 aliphatic heterocycles. The summed E-state index contributed by atoms with van der Waals surface area (Å²) in [5, 5.41) is 9.80. The van der Waals surface area contributed by atoms with Crippen LogP contribution < -0.4 is 5.73 Å². The lowest BCUT2D eigenvalue weighted by molar-refractivity contribution is 0.0178. The first-order chi connectivity index (χ1) is 9.76. The van der Waals surface area contributed by atoms with Crippen LogP contribution in [0, 0.1) is 5.82 Å². The predicted octanol–water partition coefficient (Wildman–Crippen LogP) is 0.937. The second-order valence-electron chi connectivity index (χ2n) is 6.12. The van der Waals surface area contributed by atoms with Gasteiger partial charge in [-0.25, -0.2) is 4.39 Å². The number of hydrogen-bond acceptors (Lipinski definition) is 4. The molecule has 0 aliphatic carbocycles. The molecule has 6 heteroatoms. The van der Waals surface area contributed by atoms with Gasteiger partial charge in [0.15, 0.2) is 0 Å². The quantitative estimate of drug-likeness (QED) is 0.814. The second-order valence-corrected chi connectivity index (χ2v) is 6.12. The number of halogens is 1. The van der Waals surface area contributed by atoms with Crippen molar-refractivity contribution in [2.24, 2.45) is 0 Å². The van der Waals surface area contributed by atoms with E-state index in [-0.39, 0.29) is 11.5 Å². The number of hydrogen-bond donors (Lipinski definition) is 2. The minimum absolute atomic E-state index is 0.0194. The van der Waals surface area contributed by atoms with Gasteiger partial charge in [0.1, 0.15) is 5.82 Å². The first-order valence-electron chi connectivity index (χ1n) is 7.05. The van der Waals surface area contributed by atoms with Crippen molar-refractivity contribution in [1.29, 1.82) is 0 Å². The summed E-state index contributed by atoms with van der Waals surface area (Å²) < 4.78 is 13.7. The molecule has 0 radical (unpaired) electrons. The molecule has 0 unspecified atom stereocenters. The third-order valence-corrected chi connectivity index (χ3v) is 3.49. The van der Waals surface area contributed by atoms with Crippen LogP contribution in [0.5, 0.6) is 0 Å². The van der Waals surface area contributed by atoms with Crippen molar-refractivity contribution in [3.8, 4) is 0 Å². The normalized spacial score (nSPS) is 17.0. The Morgan fingerprint density at radius 3 is 2.52 bits per heavy atom. The van der Waals surface area contributed by atoms with Crippen LogP contribution in [0.3, 0.4) is 0 Å². The van der Waals surface area contributed by atoms with E-state index in [0.29, 0.717) is 38.4 Å². The fourth-order valence-corrected chi connectivity index (χ4v) is 2.53. The van der Waals surface area contributed by atoms with Crippen LogP contribution in [-0.4, -0.2) is 59.1 Å². The zero-order chi connectivity index (χ0) is 15.6. The number of β-amino-alcohol motifs (C(OH)–C–C–N with tert-alkyl or cyclic N) is 1. The molecule has 2 rings (SSSR count). The molecule has 5 nitrogen and oxygen atoms in total. The number of nitrogen functional groups attached to an aromatic ring is 1. The van der Waals surface area contributed by atoms with Gasteiger partial charge in [-0.1, -0.05) is 0 Å². The van der Waals surface area contributed by atoms with E-state index in [1.807, 2.05) is 0 Å². The Balaban J connectivity index is 1.99. The van der Waals surface area contributed by atoms with Crippen LogP contribution >= 0.6 is 0 Å². The summed E-state index contributed by atoms with van der Waals surface area (Å²) in [7, 11) is 0. The van der Waals surface area contributed by atoms with Gasteiger partial charge >= 0.3 is 0 Å². The molecule has 1 amide bonds. The minimum Gasteiger partial charge on any atom is -0.399 e. The van der Waals surface area contributed by atoms with Gasteiger partial charge in [-0.3, -0.25) is 9.69 Å². The Morgan fingerprint density at radius 2 is 1.95 bits per heavy atom. The lowest BCUT2D eigenvalue weighted by atomic mass is 10.1. The van der Waals surface area contributed by atoms with E-state index >= 15 is 0 Å². The van der Waals surface area contributed by atoms with Crippen LogP contribution in [0.4, 0.5) is 10.1 Å². The van der Waals surface area contributed by atoms with E-state index < -0.39 is 11.4 Å². The molecule has 0 spiro atoms. The van der Waals surface area contributed by atoms with Crippen molar-refractivity contribution >= 4 is 11.6 Å². The number of rotatable bonds is 3. The number of nitrogens with two attached hydrogens (primary N) is 1. The maximum absolute atomic E-state index is 13.7. The fraction of sp³-hybridized carbons (Fsp3) is 0.533. The van der Waals surface area contributed by atoms with Gasteiger partial charge in [0, 0.05) is 38.4 Å². The number of amides is 1. The number of carbonyl (C=O) groups excluding carboxylic acids is 1. The van der Waals surface area contributed by atoms with E-state index in [1.54, 1.807) is 18.7 Å². The lowest BCUT2D eigenvalue weighted by Crippen LogP contribution is -2.52. The van der Waals surface area contributed by atoms with Crippen molar-refractivity contribution < 1.29 is 14.3 Å². The molecular weight excluding hydrogens is 273 g/mol. The highest BCUT2D eigenvalue weighted by molar-refractivity contribution is 5.95. The third kappa shape index (κ3) is 4.15. The number of piperazine rings is 1. The van der Waals surface area contributed by atoms with Crippen molar-refractivity contribution in [3.63, 3.8) is 0 Å². The summed E-state index contributed by atoms with van der Waals surface area (Å²) in [6, 6.07) is 4.03. The van der Waals surface area contributed by atoms with Crippen LogP contribution in [0.1, 0.15) is 24.2 Å². The summed E-state index contributed by atoms with van der Waals surface area (Å²) in [4.78, 5) is 16.0. The van der Waals surface area contributed by atoms with E-state index in [9.17, 15) is 14.3 Å². The lowest BCUT2D eigenvalue weighted by Gasteiger charge is -2.37. The Bertz CT molecular complexity index is 520. The van der Waals surface area contributed by atoms with E-state index in [2.05, 4.69) is 4.90 Å². The van der Waals surface area contributed by atoms with Gasteiger partial charge in [0.25, 0.3) is 5.91 Å². The Kier molecular flexibility index (Phi) is 4.49. The molecule has 0 saturated carbocycles.